The van der Waals surface area contributed by atoms with E-state index in [0.717, 1.165) is 6.42 Å². The van der Waals surface area contributed by atoms with Gasteiger partial charge in [0.25, 0.3) is 0 Å². The van der Waals surface area contributed by atoms with Crippen molar-refractivity contribution in [3.8, 4) is 0 Å². The molecule has 0 aromatic heterocycles. The van der Waals surface area contributed by atoms with E-state index < -0.39 is 0 Å². The van der Waals surface area contributed by atoms with Crippen molar-refractivity contribution in [2.24, 2.45) is 0 Å². The summed E-state index contributed by atoms with van der Waals surface area (Å²) in [5.74, 6) is 0. The Morgan fingerprint density at radius 2 is 1.75 bits per heavy atom. The fraction of sp³-hybridized carbons (Fsp3) is 0.667. The Morgan fingerprint density at radius 1 is 1.75 bits per heavy atom. The van der Waals surface area contributed by atoms with Crippen LogP contribution >= 0.6 is 0 Å². The summed E-state index contributed by atoms with van der Waals surface area (Å²) in [6.07, 6.45) is 1.00. The van der Waals surface area contributed by atoms with Crippen molar-refractivity contribution < 1.29 is 18.9 Å². The molecule has 0 unspecified atom stereocenters. The van der Waals surface area contributed by atoms with E-state index >= 15 is 0 Å². The van der Waals surface area contributed by atoms with E-state index in [1.165, 1.54) is 0 Å². The Kier molecular flexibility index (Phi) is 21.0. The summed E-state index contributed by atoms with van der Waals surface area (Å²) in [6, 6.07) is 0. The van der Waals surface area contributed by atoms with Gasteiger partial charge in [-0.3, -0.25) is 0 Å². The van der Waals surface area contributed by atoms with E-state index in [0.29, 0.717) is 0 Å². The molecule has 0 nitrogen and oxygen atoms in total. The minimum atomic E-state index is 0. The van der Waals surface area contributed by atoms with Gasteiger partial charge >= 0.3 is 18.9 Å². The zero-order valence-electron chi connectivity index (χ0n) is 3.41. The molecule has 1 heteroatoms. The van der Waals surface area contributed by atoms with Crippen LogP contribution in [0.25, 0.3) is 0 Å². The molecule has 0 bridgehead atoms. The van der Waals surface area contributed by atoms with Gasteiger partial charge in [0.05, 0.1) is 0 Å². The molecule has 0 rings (SSSR count). The summed E-state index contributed by atoms with van der Waals surface area (Å²) in [5.41, 5.74) is 0. The number of rotatable bonds is 0. The Balaban J connectivity index is 0. The van der Waals surface area contributed by atoms with Gasteiger partial charge in [0.2, 0.25) is 0 Å². The minimum absolute atomic E-state index is 0. The number of hydrogen-bond donors (Lipinski definition) is 0. The summed E-state index contributed by atoms with van der Waals surface area (Å²) in [4.78, 5) is 0. The average Bonchev–Trinajstić information content (AvgIpc) is 0.918. The molecule has 0 spiro atoms. The zero-order chi connectivity index (χ0) is 2.71. The van der Waals surface area contributed by atoms with Crippen LogP contribution in [0.3, 0.4) is 0 Å². The van der Waals surface area contributed by atoms with Crippen LogP contribution in [0.2, 0.25) is 0 Å². The van der Waals surface area contributed by atoms with Crippen molar-refractivity contribution in [1.82, 2.24) is 0 Å². The van der Waals surface area contributed by atoms with E-state index in [2.05, 4.69) is 6.92 Å². The minimum Gasteiger partial charge on any atom is -0.344 e. The normalized spacial score (nSPS) is 4.50. The van der Waals surface area contributed by atoms with Crippen molar-refractivity contribution in [3.05, 3.63) is 6.92 Å². The molecule has 0 aliphatic rings. The van der Waals surface area contributed by atoms with Gasteiger partial charge in [-0.2, -0.15) is 6.42 Å². The molecule has 0 heterocycles. The maximum absolute atomic E-state index is 3.49. The van der Waals surface area contributed by atoms with Crippen LogP contribution < -0.4 is 18.9 Å². The van der Waals surface area contributed by atoms with Gasteiger partial charge in [0.15, 0.2) is 0 Å². The molecule has 0 aromatic rings. The van der Waals surface area contributed by atoms with Crippen LogP contribution in [-0.2, 0) is 0 Å². The first-order chi connectivity index (χ1) is 1.41. The van der Waals surface area contributed by atoms with E-state index in [1.807, 2.05) is 6.92 Å². The Labute approximate surface area is 39.8 Å². The molecule has 0 amide bonds. The van der Waals surface area contributed by atoms with Gasteiger partial charge in [0.1, 0.15) is 0 Å². The fourth-order valence-corrected chi connectivity index (χ4v) is 0. The first-order valence-electron chi connectivity index (χ1n) is 1.21. The Bertz CT molecular complexity index is 3.25. The second-order valence-corrected chi connectivity index (χ2v) is 0.500. The molecule has 0 atom stereocenters. The largest absolute Gasteiger partial charge is 1.00 e. The molecule has 0 radical (unpaired) electrons. The smallest absolute Gasteiger partial charge is 0.344 e. The third-order valence-corrected chi connectivity index (χ3v) is 0. The van der Waals surface area contributed by atoms with Crippen LogP contribution in [-0.4, -0.2) is 0 Å². The topological polar surface area (TPSA) is 0 Å². The van der Waals surface area contributed by atoms with Crippen LogP contribution in [0.15, 0.2) is 0 Å². The van der Waals surface area contributed by atoms with Gasteiger partial charge in [-0.05, 0) is 0 Å². The Hall–Kier alpha value is 0.597. The first kappa shape index (κ1) is 8.82. The SMILES string of the molecule is [CH2-]CC.[Li+]. The van der Waals surface area contributed by atoms with Crippen LogP contribution in [0.1, 0.15) is 13.3 Å². The zero-order valence-corrected chi connectivity index (χ0v) is 3.41. The van der Waals surface area contributed by atoms with E-state index in [4.69, 9.17) is 0 Å². The van der Waals surface area contributed by atoms with Gasteiger partial charge in [0, 0.05) is 0 Å². The van der Waals surface area contributed by atoms with Crippen molar-refractivity contribution in [2.75, 3.05) is 0 Å². The van der Waals surface area contributed by atoms with Crippen LogP contribution in [0.4, 0.5) is 0 Å². The molecule has 0 aliphatic heterocycles. The third kappa shape index (κ3) is 18.6. The maximum Gasteiger partial charge on any atom is 1.00 e. The first-order valence-corrected chi connectivity index (χ1v) is 1.21. The van der Waals surface area contributed by atoms with E-state index in [-0.39, 0.29) is 18.9 Å². The second-order valence-electron chi connectivity index (χ2n) is 0.500. The van der Waals surface area contributed by atoms with Crippen LogP contribution in [0.5, 0.6) is 0 Å². The molecule has 0 saturated carbocycles. The van der Waals surface area contributed by atoms with Gasteiger partial charge in [-0.15, -0.1) is 0 Å². The van der Waals surface area contributed by atoms with Crippen molar-refractivity contribution in [3.63, 3.8) is 0 Å². The molecule has 0 saturated heterocycles. The van der Waals surface area contributed by atoms with Gasteiger partial charge < -0.3 is 6.92 Å². The molecular weight excluding hydrogens is 43.0 g/mol. The third-order valence-electron chi connectivity index (χ3n) is 0. The summed E-state index contributed by atoms with van der Waals surface area (Å²) in [5, 5.41) is 0. The molecular formula is C3H7Li. The monoisotopic (exact) mass is 50.1 g/mol. The van der Waals surface area contributed by atoms with Gasteiger partial charge in [-0.25, -0.2) is 0 Å². The summed E-state index contributed by atoms with van der Waals surface area (Å²) < 4.78 is 0. The standard InChI is InChI=1S/C3H7.Li/c1-3-2;/h1,3H2,2H3;/q-1;+1. The van der Waals surface area contributed by atoms with Crippen LogP contribution in [0, 0.1) is 6.92 Å². The maximum atomic E-state index is 3.49. The summed E-state index contributed by atoms with van der Waals surface area (Å²) in [7, 11) is 0. The molecule has 0 fully saturated rings. The predicted molar refractivity (Wildman–Crippen MR) is 15.6 cm³/mol. The Morgan fingerprint density at radius 3 is 1.75 bits per heavy atom. The molecule has 0 N–H and O–H groups in total. The fourth-order valence-electron chi connectivity index (χ4n) is 0. The molecule has 4 heavy (non-hydrogen) atoms. The van der Waals surface area contributed by atoms with Crippen molar-refractivity contribution >= 4 is 0 Å². The van der Waals surface area contributed by atoms with E-state index in [9.17, 15) is 0 Å². The quantitative estimate of drug-likeness (QED) is 0.225. The summed E-state index contributed by atoms with van der Waals surface area (Å²) >= 11 is 0. The predicted octanol–water partition coefficient (Wildman–Crippen LogP) is -1.77. The second kappa shape index (κ2) is 9.51. The average molecular weight is 50.0 g/mol. The summed E-state index contributed by atoms with van der Waals surface area (Å²) in [6.45, 7) is 5.50. The number of hydrogen-bond acceptors (Lipinski definition) is 0. The molecule has 0 aliphatic carbocycles. The van der Waals surface area contributed by atoms with Crippen molar-refractivity contribution in [2.45, 2.75) is 13.3 Å². The van der Waals surface area contributed by atoms with Gasteiger partial charge in [-0.1, -0.05) is 6.92 Å². The van der Waals surface area contributed by atoms with Crippen molar-refractivity contribution in [1.29, 1.82) is 0 Å². The molecule has 20 valence electrons. The molecule has 0 aromatic carbocycles. The van der Waals surface area contributed by atoms with E-state index in [1.54, 1.807) is 0 Å².